The van der Waals surface area contributed by atoms with Crippen molar-refractivity contribution in [2.75, 3.05) is 33.2 Å². The van der Waals surface area contributed by atoms with Crippen molar-refractivity contribution in [3.8, 4) is 0 Å². The van der Waals surface area contributed by atoms with E-state index in [2.05, 4.69) is 4.98 Å². The number of nitrogens with zero attached hydrogens (tertiary/aromatic N) is 4. The number of fused-ring (bicyclic) bond motifs is 1. The zero-order valence-electron chi connectivity index (χ0n) is 13.2. The van der Waals surface area contributed by atoms with Crippen molar-refractivity contribution in [2.24, 2.45) is 11.7 Å². The third-order valence-electron chi connectivity index (χ3n) is 4.31. The molecule has 1 aromatic carbocycles. The number of primary amides is 1. The van der Waals surface area contributed by atoms with Crippen molar-refractivity contribution < 1.29 is 9.59 Å². The average molecular weight is 315 g/mol. The Morgan fingerprint density at radius 1 is 1.26 bits per heavy atom. The van der Waals surface area contributed by atoms with E-state index in [1.807, 2.05) is 40.8 Å². The van der Waals surface area contributed by atoms with Gasteiger partial charge in [0.2, 0.25) is 11.8 Å². The van der Waals surface area contributed by atoms with Crippen LogP contribution in [0.3, 0.4) is 0 Å². The molecule has 122 valence electrons. The lowest BCUT2D eigenvalue weighted by atomic mass is 10.1. The highest BCUT2D eigenvalue weighted by atomic mass is 16.2. The fourth-order valence-electron chi connectivity index (χ4n) is 2.96. The second-order valence-electron chi connectivity index (χ2n) is 6.06. The summed E-state index contributed by atoms with van der Waals surface area (Å²) in [5.74, 6) is -0.703. The van der Waals surface area contributed by atoms with Gasteiger partial charge in [-0.25, -0.2) is 4.98 Å². The number of para-hydroxylation sites is 2. The van der Waals surface area contributed by atoms with Crippen LogP contribution in [0.5, 0.6) is 0 Å². The molecule has 0 spiro atoms. The molecule has 0 radical (unpaired) electrons. The van der Waals surface area contributed by atoms with Crippen molar-refractivity contribution >= 4 is 22.8 Å². The molecular weight excluding hydrogens is 294 g/mol. The maximum atomic E-state index is 12.6. The van der Waals surface area contributed by atoms with Crippen molar-refractivity contribution in [3.05, 3.63) is 30.6 Å². The number of hydrogen-bond acceptors (Lipinski definition) is 4. The van der Waals surface area contributed by atoms with E-state index < -0.39 is 0 Å². The average Bonchev–Trinajstić information content (AvgIpc) is 2.81. The second-order valence-corrected chi connectivity index (χ2v) is 6.06. The van der Waals surface area contributed by atoms with E-state index in [4.69, 9.17) is 5.73 Å². The van der Waals surface area contributed by atoms with Gasteiger partial charge in [-0.1, -0.05) is 12.1 Å². The highest BCUT2D eigenvalue weighted by Crippen LogP contribution is 2.13. The van der Waals surface area contributed by atoms with E-state index in [0.29, 0.717) is 19.6 Å². The fraction of sp³-hybridized carbons (Fsp3) is 0.438. The Labute approximate surface area is 134 Å². The molecule has 7 heteroatoms. The topological polar surface area (TPSA) is 84.5 Å². The number of rotatable bonds is 3. The molecule has 2 aromatic rings. The predicted molar refractivity (Wildman–Crippen MR) is 86.5 cm³/mol. The van der Waals surface area contributed by atoms with E-state index >= 15 is 0 Å². The van der Waals surface area contributed by atoms with Crippen LogP contribution in [0.4, 0.5) is 0 Å². The van der Waals surface area contributed by atoms with Gasteiger partial charge in [0.1, 0.15) is 6.54 Å². The summed E-state index contributed by atoms with van der Waals surface area (Å²) in [4.78, 5) is 32.3. The van der Waals surface area contributed by atoms with Crippen LogP contribution in [0, 0.1) is 5.92 Å². The van der Waals surface area contributed by atoms with E-state index in [0.717, 1.165) is 17.6 Å². The Kier molecular flexibility index (Phi) is 4.29. The van der Waals surface area contributed by atoms with Gasteiger partial charge in [0.05, 0.1) is 23.3 Å². The lowest BCUT2D eigenvalue weighted by molar-refractivity contribution is -0.133. The molecule has 7 nitrogen and oxygen atoms in total. The van der Waals surface area contributed by atoms with E-state index in [9.17, 15) is 9.59 Å². The standard InChI is InChI=1S/C16H21N5O2/c1-19-6-7-20(9-12(8-19)16(17)23)15(22)10-21-11-18-13-4-2-3-5-14(13)21/h2-5,11-12H,6-10H2,1H3,(H2,17,23). The Balaban J connectivity index is 1.75. The minimum atomic E-state index is -0.357. The molecule has 0 aliphatic carbocycles. The van der Waals surface area contributed by atoms with Crippen LogP contribution in [-0.2, 0) is 16.1 Å². The SMILES string of the molecule is CN1CCN(C(=O)Cn2cnc3ccccc32)CC(C(N)=O)C1. The molecule has 3 rings (SSSR count). The summed E-state index contributed by atoms with van der Waals surface area (Å²) in [6, 6.07) is 7.71. The highest BCUT2D eigenvalue weighted by Gasteiger charge is 2.27. The summed E-state index contributed by atoms with van der Waals surface area (Å²) in [6.45, 7) is 2.53. The van der Waals surface area contributed by atoms with Crippen LogP contribution in [0.2, 0.25) is 0 Å². The largest absolute Gasteiger partial charge is 0.369 e. The van der Waals surface area contributed by atoms with Crippen LogP contribution >= 0.6 is 0 Å². The first kappa shape index (κ1) is 15.5. The van der Waals surface area contributed by atoms with Crippen LogP contribution in [-0.4, -0.2) is 64.4 Å². The zero-order chi connectivity index (χ0) is 16.4. The van der Waals surface area contributed by atoms with Crippen molar-refractivity contribution in [1.29, 1.82) is 0 Å². The summed E-state index contributed by atoms with van der Waals surface area (Å²) in [6.07, 6.45) is 1.68. The molecule has 1 aliphatic heterocycles. The maximum Gasteiger partial charge on any atom is 0.242 e. The van der Waals surface area contributed by atoms with Crippen molar-refractivity contribution in [2.45, 2.75) is 6.54 Å². The molecule has 1 fully saturated rings. The molecule has 2 amide bonds. The molecule has 2 heterocycles. The normalized spacial score (nSPS) is 19.7. The van der Waals surface area contributed by atoms with Gasteiger partial charge in [-0.3, -0.25) is 9.59 Å². The second kappa shape index (κ2) is 6.37. The molecule has 1 atom stereocenters. The number of benzene rings is 1. The maximum absolute atomic E-state index is 12.6. The Bertz CT molecular complexity index is 726. The summed E-state index contributed by atoms with van der Waals surface area (Å²) in [7, 11) is 1.94. The van der Waals surface area contributed by atoms with Gasteiger partial charge < -0.3 is 20.1 Å². The van der Waals surface area contributed by atoms with Gasteiger partial charge in [-0.15, -0.1) is 0 Å². The first-order valence-electron chi connectivity index (χ1n) is 7.70. The van der Waals surface area contributed by atoms with Gasteiger partial charge in [-0.05, 0) is 19.2 Å². The van der Waals surface area contributed by atoms with Crippen LogP contribution in [0.1, 0.15) is 0 Å². The monoisotopic (exact) mass is 315 g/mol. The molecule has 1 saturated heterocycles. The minimum Gasteiger partial charge on any atom is -0.369 e. The number of nitrogens with two attached hydrogens (primary N) is 1. The van der Waals surface area contributed by atoms with Crippen LogP contribution in [0.15, 0.2) is 30.6 Å². The molecule has 23 heavy (non-hydrogen) atoms. The molecular formula is C16H21N5O2. The molecule has 1 unspecified atom stereocenters. The number of imidazole rings is 1. The minimum absolute atomic E-state index is 0.0188. The Morgan fingerprint density at radius 3 is 2.83 bits per heavy atom. The number of likely N-dealkylation sites (N-methyl/N-ethyl adjacent to an activating group) is 1. The molecule has 1 aliphatic rings. The number of amides is 2. The quantitative estimate of drug-likeness (QED) is 0.858. The van der Waals surface area contributed by atoms with Crippen LogP contribution in [0.25, 0.3) is 11.0 Å². The van der Waals surface area contributed by atoms with Gasteiger partial charge in [-0.2, -0.15) is 0 Å². The smallest absolute Gasteiger partial charge is 0.242 e. The predicted octanol–water partition coefficient (Wildman–Crippen LogP) is -0.0882. The summed E-state index contributed by atoms with van der Waals surface area (Å²) >= 11 is 0. The van der Waals surface area contributed by atoms with E-state index in [1.165, 1.54) is 0 Å². The highest BCUT2D eigenvalue weighted by molar-refractivity contribution is 5.82. The summed E-state index contributed by atoms with van der Waals surface area (Å²) < 4.78 is 1.84. The lowest BCUT2D eigenvalue weighted by Gasteiger charge is -2.23. The van der Waals surface area contributed by atoms with Gasteiger partial charge in [0.15, 0.2) is 0 Å². The lowest BCUT2D eigenvalue weighted by Crippen LogP contribution is -2.41. The summed E-state index contributed by atoms with van der Waals surface area (Å²) in [5.41, 5.74) is 7.25. The van der Waals surface area contributed by atoms with Gasteiger partial charge >= 0.3 is 0 Å². The third-order valence-corrected chi connectivity index (χ3v) is 4.31. The number of aromatic nitrogens is 2. The number of hydrogen-bond donors (Lipinski definition) is 1. The molecule has 0 bridgehead atoms. The third kappa shape index (κ3) is 3.34. The molecule has 2 N–H and O–H groups in total. The van der Waals surface area contributed by atoms with Crippen molar-refractivity contribution in [1.82, 2.24) is 19.4 Å². The van der Waals surface area contributed by atoms with Crippen molar-refractivity contribution in [3.63, 3.8) is 0 Å². The number of carbonyl (C=O) groups is 2. The van der Waals surface area contributed by atoms with E-state index in [1.54, 1.807) is 11.2 Å². The van der Waals surface area contributed by atoms with Crippen LogP contribution < -0.4 is 5.73 Å². The van der Waals surface area contributed by atoms with Gasteiger partial charge in [0.25, 0.3) is 0 Å². The van der Waals surface area contributed by atoms with Gasteiger partial charge in [0, 0.05) is 26.2 Å². The summed E-state index contributed by atoms with van der Waals surface area (Å²) in [5, 5.41) is 0. The fourth-order valence-corrected chi connectivity index (χ4v) is 2.96. The molecule has 1 aromatic heterocycles. The zero-order valence-corrected chi connectivity index (χ0v) is 13.2. The van der Waals surface area contributed by atoms with E-state index in [-0.39, 0.29) is 24.3 Å². The first-order chi connectivity index (χ1) is 11.0. The first-order valence-corrected chi connectivity index (χ1v) is 7.70. The Morgan fingerprint density at radius 2 is 2.04 bits per heavy atom. The number of carbonyl (C=O) groups excluding carboxylic acids is 2. The Hall–Kier alpha value is -2.41. The molecule has 0 saturated carbocycles.